The fourth-order valence-electron chi connectivity index (χ4n) is 2.67. The lowest BCUT2D eigenvalue weighted by atomic mass is 10.00. The molecule has 0 bridgehead atoms. The monoisotopic (exact) mass is 281 g/mol. The molecule has 0 aromatic heterocycles. The van der Waals surface area contributed by atoms with Gasteiger partial charge in [0.15, 0.2) is 5.78 Å². The molecule has 1 rings (SSSR count). The predicted octanol–water partition coefficient (Wildman–Crippen LogP) is 2.18. The lowest BCUT2D eigenvalue weighted by molar-refractivity contribution is -0.120. The summed E-state index contributed by atoms with van der Waals surface area (Å²) in [5, 5.41) is 6.59. The molecule has 0 saturated carbocycles. The third kappa shape index (κ3) is 7.75. The minimum absolute atomic E-state index is 0.100. The third-order valence-corrected chi connectivity index (χ3v) is 4.02. The number of piperidine rings is 1. The Labute approximate surface area is 123 Å². The summed E-state index contributed by atoms with van der Waals surface area (Å²) in [6.07, 6.45) is 10.1. The molecule has 1 fully saturated rings. The van der Waals surface area contributed by atoms with Crippen molar-refractivity contribution < 1.29 is 4.79 Å². The van der Waals surface area contributed by atoms with Crippen molar-refractivity contribution in [1.29, 1.82) is 0 Å². The largest absolute Gasteiger partial charge is 0.310 e. The minimum Gasteiger partial charge on any atom is -0.310 e. The summed E-state index contributed by atoms with van der Waals surface area (Å²) in [5.41, 5.74) is 0. The summed E-state index contributed by atoms with van der Waals surface area (Å²) in [6.45, 7) is 4.76. The van der Waals surface area contributed by atoms with Crippen molar-refractivity contribution in [3.8, 4) is 0 Å². The molecule has 0 aliphatic carbocycles. The van der Waals surface area contributed by atoms with Crippen LogP contribution in [0.1, 0.15) is 51.9 Å². The molecule has 4 heteroatoms. The van der Waals surface area contributed by atoms with Crippen molar-refractivity contribution in [3.05, 3.63) is 0 Å². The molecule has 1 heterocycles. The van der Waals surface area contributed by atoms with Crippen molar-refractivity contribution in [2.75, 3.05) is 26.7 Å². The highest BCUT2D eigenvalue weighted by molar-refractivity contribution is 5.85. The SMILES string of the molecule is CN=CCC[C@@H](C)CCCNCC(=O)C1CCCCN1. The number of Topliss-reactive ketones (excluding diaryl/α,β-unsaturated/α-hetero) is 1. The molecule has 2 atom stereocenters. The maximum atomic E-state index is 11.9. The van der Waals surface area contributed by atoms with Gasteiger partial charge in [-0.1, -0.05) is 13.3 Å². The molecule has 0 amide bonds. The molecule has 0 spiro atoms. The standard InChI is InChI=1S/C16H31N3O/c1-14(7-5-10-17-2)8-6-11-18-13-16(20)15-9-3-4-12-19-15/h10,14-15,18-19H,3-9,11-13H2,1-2H3/t14-,15?/m1/s1. The highest BCUT2D eigenvalue weighted by atomic mass is 16.1. The molecule has 0 aromatic rings. The van der Waals surface area contributed by atoms with E-state index >= 15 is 0 Å². The van der Waals surface area contributed by atoms with Crippen molar-refractivity contribution in [3.63, 3.8) is 0 Å². The summed E-state index contributed by atoms with van der Waals surface area (Å²) < 4.78 is 0. The van der Waals surface area contributed by atoms with Gasteiger partial charge in [-0.25, -0.2) is 0 Å². The van der Waals surface area contributed by atoms with Crippen LogP contribution in [-0.4, -0.2) is 44.7 Å². The Morgan fingerprint density at radius 3 is 3.00 bits per heavy atom. The Morgan fingerprint density at radius 2 is 2.30 bits per heavy atom. The van der Waals surface area contributed by atoms with Crippen molar-refractivity contribution >= 4 is 12.0 Å². The van der Waals surface area contributed by atoms with Gasteiger partial charge in [0, 0.05) is 7.05 Å². The number of carbonyl (C=O) groups excluding carboxylic acids is 1. The Morgan fingerprint density at radius 1 is 1.45 bits per heavy atom. The smallest absolute Gasteiger partial charge is 0.163 e. The normalized spacial score (nSPS) is 21.2. The maximum Gasteiger partial charge on any atom is 0.163 e. The lowest BCUT2D eigenvalue weighted by Crippen LogP contribution is -2.44. The number of nitrogens with zero attached hydrogens (tertiary/aromatic N) is 1. The van der Waals surface area contributed by atoms with Crippen molar-refractivity contribution in [1.82, 2.24) is 10.6 Å². The van der Waals surface area contributed by atoms with Crippen LogP contribution in [0.4, 0.5) is 0 Å². The van der Waals surface area contributed by atoms with E-state index in [1.54, 1.807) is 0 Å². The van der Waals surface area contributed by atoms with Crippen LogP contribution in [0.15, 0.2) is 4.99 Å². The number of ketones is 1. The van der Waals surface area contributed by atoms with E-state index < -0.39 is 0 Å². The fraction of sp³-hybridized carbons (Fsp3) is 0.875. The van der Waals surface area contributed by atoms with E-state index in [1.807, 2.05) is 13.3 Å². The minimum atomic E-state index is 0.100. The van der Waals surface area contributed by atoms with Crippen molar-refractivity contribution in [2.45, 2.75) is 57.9 Å². The number of carbonyl (C=O) groups is 1. The van der Waals surface area contributed by atoms with Gasteiger partial charge in [-0.3, -0.25) is 4.79 Å². The van der Waals surface area contributed by atoms with E-state index in [1.165, 1.54) is 25.7 Å². The van der Waals surface area contributed by atoms with Crippen LogP contribution in [0.2, 0.25) is 0 Å². The van der Waals surface area contributed by atoms with Gasteiger partial charge in [0.25, 0.3) is 0 Å². The van der Waals surface area contributed by atoms with Crippen LogP contribution in [0, 0.1) is 5.92 Å². The summed E-state index contributed by atoms with van der Waals surface area (Å²) in [7, 11) is 1.83. The Balaban J connectivity index is 1.97. The first kappa shape index (κ1) is 17.3. The second kappa shape index (κ2) is 11.0. The average molecular weight is 281 g/mol. The van der Waals surface area contributed by atoms with E-state index in [9.17, 15) is 4.79 Å². The zero-order valence-electron chi connectivity index (χ0n) is 13.2. The molecular formula is C16H31N3O. The van der Waals surface area contributed by atoms with Crippen LogP contribution in [0.3, 0.4) is 0 Å². The van der Waals surface area contributed by atoms with E-state index in [4.69, 9.17) is 0 Å². The zero-order chi connectivity index (χ0) is 14.6. The molecule has 1 unspecified atom stereocenters. The molecular weight excluding hydrogens is 250 g/mol. The lowest BCUT2D eigenvalue weighted by Gasteiger charge is -2.22. The van der Waals surface area contributed by atoms with Gasteiger partial charge in [0.1, 0.15) is 0 Å². The van der Waals surface area contributed by atoms with Gasteiger partial charge in [-0.05, 0) is 63.7 Å². The highest BCUT2D eigenvalue weighted by Gasteiger charge is 2.19. The Hall–Kier alpha value is -0.740. The van der Waals surface area contributed by atoms with Gasteiger partial charge in [0.2, 0.25) is 0 Å². The van der Waals surface area contributed by atoms with Crippen molar-refractivity contribution in [2.24, 2.45) is 10.9 Å². The summed E-state index contributed by atoms with van der Waals surface area (Å²) in [5.74, 6) is 1.07. The first-order chi connectivity index (χ1) is 9.74. The van der Waals surface area contributed by atoms with Gasteiger partial charge >= 0.3 is 0 Å². The molecule has 4 nitrogen and oxygen atoms in total. The Bertz CT molecular complexity index is 285. The predicted molar refractivity (Wildman–Crippen MR) is 85.6 cm³/mol. The first-order valence-corrected chi connectivity index (χ1v) is 8.11. The van der Waals surface area contributed by atoms with E-state index in [-0.39, 0.29) is 6.04 Å². The van der Waals surface area contributed by atoms with Crippen LogP contribution in [-0.2, 0) is 4.79 Å². The maximum absolute atomic E-state index is 11.9. The molecule has 1 saturated heterocycles. The topological polar surface area (TPSA) is 53.5 Å². The van der Waals surface area contributed by atoms with Crippen LogP contribution in [0.5, 0.6) is 0 Å². The number of aliphatic imine (C=N–C) groups is 1. The molecule has 0 radical (unpaired) electrons. The number of hydrogen-bond donors (Lipinski definition) is 2. The van der Waals surface area contributed by atoms with Crippen LogP contribution >= 0.6 is 0 Å². The van der Waals surface area contributed by atoms with E-state index in [2.05, 4.69) is 22.5 Å². The molecule has 20 heavy (non-hydrogen) atoms. The third-order valence-electron chi connectivity index (χ3n) is 4.02. The second-order valence-electron chi connectivity index (χ2n) is 5.91. The Kier molecular flexibility index (Phi) is 9.50. The quantitative estimate of drug-likeness (QED) is 0.477. The number of nitrogens with one attached hydrogen (secondary N) is 2. The van der Waals surface area contributed by atoms with Gasteiger partial charge in [0.05, 0.1) is 12.6 Å². The van der Waals surface area contributed by atoms with E-state index in [0.717, 1.165) is 38.3 Å². The first-order valence-electron chi connectivity index (χ1n) is 8.11. The fourth-order valence-corrected chi connectivity index (χ4v) is 2.67. The highest BCUT2D eigenvalue weighted by Crippen LogP contribution is 2.11. The molecule has 2 N–H and O–H groups in total. The summed E-state index contributed by atoms with van der Waals surface area (Å²) in [6, 6.07) is 0.100. The molecule has 1 aliphatic rings. The summed E-state index contributed by atoms with van der Waals surface area (Å²) in [4.78, 5) is 15.9. The van der Waals surface area contributed by atoms with E-state index in [0.29, 0.717) is 12.3 Å². The van der Waals surface area contributed by atoms with Gasteiger partial charge in [-0.15, -0.1) is 0 Å². The molecule has 0 aromatic carbocycles. The zero-order valence-corrected chi connectivity index (χ0v) is 13.2. The second-order valence-corrected chi connectivity index (χ2v) is 5.91. The average Bonchev–Trinajstić information content (AvgIpc) is 2.48. The van der Waals surface area contributed by atoms with Gasteiger partial charge in [-0.2, -0.15) is 0 Å². The summed E-state index contributed by atoms with van der Waals surface area (Å²) >= 11 is 0. The number of hydrogen-bond acceptors (Lipinski definition) is 4. The molecule has 1 aliphatic heterocycles. The van der Waals surface area contributed by atoms with Crippen LogP contribution in [0.25, 0.3) is 0 Å². The number of rotatable bonds is 10. The molecule has 116 valence electrons. The van der Waals surface area contributed by atoms with Gasteiger partial charge < -0.3 is 15.6 Å². The van der Waals surface area contributed by atoms with Crippen LogP contribution < -0.4 is 10.6 Å².